The third-order valence-electron chi connectivity index (χ3n) is 3.27. The Morgan fingerprint density at radius 2 is 1.73 bits per heavy atom. The van der Waals surface area contributed by atoms with Crippen molar-refractivity contribution in [3.63, 3.8) is 0 Å². The standard InChI is InChI=1S/C18H20O4/c1-13(12-19)21-18(20)14(2)15-7-6-10-17(11-15)22-16-8-4-3-5-9-16/h3-11,13-14,19H,12H2,1-2H3. The summed E-state index contributed by atoms with van der Waals surface area (Å²) >= 11 is 0. The van der Waals surface area contributed by atoms with Crippen LogP contribution in [0.5, 0.6) is 11.5 Å². The van der Waals surface area contributed by atoms with Crippen molar-refractivity contribution in [2.24, 2.45) is 0 Å². The molecule has 2 aromatic rings. The van der Waals surface area contributed by atoms with Gasteiger partial charge in [-0.2, -0.15) is 0 Å². The van der Waals surface area contributed by atoms with Crippen LogP contribution >= 0.6 is 0 Å². The number of ether oxygens (including phenoxy) is 2. The first-order valence-corrected chi connectivity index (χ1v) is 7.24. The lowest BCUT2D eigenvalue weighted by Crippen LogP contribution is -2.22. The highest BCUT2D eigenvalue weighted by Gasteiger charge is 2.19. The zero-order valence-corrected chi connectivity index (χ0v) is 12.7. The Kier molecular flexibility index (Phi) is 5.55. The van der Waals surface area contributed by atoms with E-state index in [0.29, 0.717) is 5.75 Å². The fraction of sp³-hybridized carbons (Fsp3) is 0.278. The molecule has 0 aliphatic rings. The van der Waals surface area contributed by atoms with E-state index in [2.05, 4.69) is 0 Å². The van der Waals surface area contributed by atoms with Gasteiger partial charge in [-0.05, 0) is 43.7 Å². The van der Waals surface area contributed by atoms with Gasteiger partial charge >= 0.3 is 5.97 Å². The van der Waals surface area contributed by atoms with Crippen LogP contribution in [-0.2, 0) is 9.53 Å². The van der Waals surface area contributed by atoms with E-state index in [1.807, 2.05) is 54.6 Å². The third kappa shape index (κ3) is 4.33. The summed E-state index contributed by atoms with van der Waals surface area (Å²) in [5.41, 5.74) is 0.809. The van der Waals surface area contributed by atoms with Gasteiger partial charge in [0.1, 0.15) is 17.6 Å². The van der Waals surface area contributed by atoms with E-state index < -0.39 is 12.0 Å². The molecule has 0 aliphatic heterocycles. The van der Waals surface area contributed by atoms with Gasteiger partial charge in [0.25, 0.3) is 0 Å². The molecule has 2 unspecified atom stereocenters. The van der Waals surface area contributed by atoms with Crippen LogP contribution in [0.25, 0.3) is 0 Å². The maximum atomic E-state index is 12.0. The lowest BCUT2D eigenvalue weighted by molar-refractivity contribution is -0.151. The van der Waals surface area contributed by atoms with Gasteiger partial charge in [-0.3, -0.25) is 4.79 Å². The molecular weight excluding hydrogens is 280 g/mol. The smallest absolute Gasteiger partial charge is 0.313 e. The number of aliphatic hydroxyl groups excluding tert-OH is 1. The molecule has 4 nitrogen and oxygen atoms in total. The van der Waals surface area contributed by atoms with Gasteiger partial charge in [-0.1, -0.05) is 30.3 Å². The highest BCUT2D eigenvalue weighted by Crippen LogP contribution is 2.26. The van der Waals surface area contributed by atoms with Crippen molar-refractivity contribution in [3.8, 4) is 11.5 Å². The summed E-state index contributed by atoms with van der Waals surface area (Å²) in [5, 5.41) is 8.95. The monoisotopic (exact) mass is 300 g/mol. The Morgan fingerprint density at radius 1 is 1.05 bits per heavy atom. The van der Waals surface area contributed by atoms with Crippen LogP contribution < -0.4 is 4.74 Å². The van der Waals surface area contributed by atoms with Crippen LogP contribution in [0.4, 0.5) is 0 Å². The number of carbonyl (C=O) groups is 1. The number of rotatable bonds is 6. The first-order valence-electron chi connectivity index (χ1n) is 7.24. The molecule has 0 aromatic heterocycles. The summed E-state index contributed by atoms with van der Waals surface area (Å²) in [4.78, 5) is 12.0. The Labute approximate surface area is 130 Å². The van der Waals surface area contributed by atoms with Crippen molar-refractivity contribution in [3.05, 3.63) is 60.2 Å². The summed E-state index contributed by atoms with van der Waals surface area (Å²) in [6, 6.07) is 16.8. The zero-order valence-electron chi connectivity index (χ0n) is 12.7. The molecule has 2 aromatic carbocycles. The number of esters is 1. The molecule has 116 valence electrons. The van der Waals surface area contributed by atoms with E-state index in [0.717, 1.165) is 11.3 Å². The highest BCUT2D eigenvalue weighted by atomic mass is 16.6. The van der Waals surface area contributed by atoms with Crippen LogP contribution in [-0.4, -0.2) is 23.8 Å². The topological polar surface area (TPSA) is 55.8 Å². The fourth-order valence-corrected chi connectivity index (χ4v) is 1.95. The molecule has 22 heavy (non-hydrogen) atoms. The number of hydrogen-bond donors (Lipinski definition) is 1. The Morgan fingerprint density at radius 3 is 2.41 bits per heavy atom. The van der Waals surface area contributed by atoms with Gasteiger partial charge in [0.05, 0.1) is 12.5 Å². The van der Waals surface area contributed by atoms with Crippen molar-refractivity contribution in [1.82, 2.24) is 0 Å². The van der Waals surface area contributed by atoms with Gasteiger partial charge in [-0.15, -0.1) is 0 Å². The molecule has 2 rings (SSSR count). The van der Waals surface area contributed by atoms with Crippen molar-refractivity contribution in [1.29, 1.82) is 0 Å². The predicted molar refractivity (Wildman–Crippen MR) is 84.0 cm³/mol. The second kappa shape index (κ2) is 7.61. The Balaban J connectivity index is 2.09. The maximum absolute atomic E-state index is 12.0. The molecule has 0 saturated carbocycles. The molecule has 0 radical (unpaired) electrons. The van der Waals surface area contributed by atoms with Crippen LogP contribution in [0, 0.1) is 0 Å². The van der Waals surface area contributed by atoms with Crippen molar-refractivity contribution in [2.75, 3.05) is 6.61 Å². The molecule has 0 fully saturated rings. The van der Waals surface area contributed by atoms with Crippen molar-refractivity contribution < 1.29 is 19.4 Å². The third-order valence-corrected chi connectivity index (χ3v) is 3.27. The molecular formula is C18H20O4. The number of hydrogen-bond acceptors (Lipinski definition) is 4. The summed E-state index contributed by atoms with van der Waals surface area (Å²) in [6.45, 7) is 3.24. The Hall–Kier alpha value is -2.33. The van der Waals surface area contributed by atoms with Crippen LogP contribution in [0.2, 0.25) is 0 Å². The minimum absolute atomic E-state index is 0.185. The SMILES string of the molecule is CC(CO)OC(=O)C(C)c1cccc(Oc2ccccc2)c1. The lowest BCUT2D eigenvalue weighted by Gasteiger charge is -2.16. The van der Waals surface area contributed by atoms with Crippen LogP contribution in [0.15, 0.2) is 54.6 Å². The average molecular weight is 300 g/mol. The largest absolute Gasteiger partial charge is 0.460 e. The van der Waals surface area contributed by atoms with E-state index in [4.69, 9.17) is 14.6 Å². The van der Waals surface area contributed by atoms with Gasteiger partial charge in [-0.25, -0.2) is 0 Å². The molecule has 2 atom stereocenters. The minimum atomic E-state index is -0.501. The zero-order chi connectivity index (χ0) is 15.9. The van der Waals surface area contributed by atoms with E-state index in [1.165, 1.54) is 0 Å². The normalized spacial score (nSPS) is 13.2. The predicted octanol–water partition coefficient (Wildman–Crippen LogP) is 3.51. The molecule has 0 saturated heterocycles. The molecule has 0 bridgehead atoms. The van der Waals surface area contributed by atoms with Crippen LogP contribution in [0.1, 0.15) is 25.3 Å². The molecule has 1 N–H and O–H groups in total. The van der Waals surface area contributed by atoms with Crippen LogP contribution in [0.3, 0.4) is 0 Å². The summed E-state index contributed by atoms with van der Waals surface area (Å²) in [6.07, 6.45) is -0.501. The molecule has 0 aliphatic carbocycles. The molecule has 0 spiro atoms. The summed E-state index contributed by atoms with van der Waals surface area (Å²) < 4.78 is 10.9. The van der Waals surface area contributed by atoms with E-state index in [1.54, 1.807) is 13.8 Å². The second-order valence-electron chi connectivity index (χ2n) is 5.14. The van der Waals surface area contributed by atoms with Gasteiger partial charge in [0.2, 0.25) is 0 Å². The Bertz CT molecular complexity index is 609. The fourth-order valence-electron chi connectivity index (χ4n) is 1.95. The molecule has 0 heterocycles. The molecule has 4 heteroatoms. The number of benzene rings is 2. The van der Waals surface area contributed by atoms with E-state index in [9.17, 15) is 4.79 Å². The minimum Gasteiger partial charge on any atom is -0.460 e. The van der Waals surface area contributed by atoms with E-state index >= 15 is 0 Å². The maximum Gasteiger partial charge on any atom is 0.313 e. The lowest BCUT2D eigenvalue weighted by atomic mass is 10.0. The molecule has 0 amide bonds. The van der Waals surface area contributed by atoms with E-state index in [-0.39, 0.29) is 12.6 Å². The highest BCUT2D eigenvalue weighted by molar-refractivity contribution is 5.78. The van der Waals surface area contributed by atoms with Gasteiger partial charge in [0, 0.05) is 0 Å². The summed E-state index contributed by atoms with van der Waals surface area (Å²) in [5.74, 6) is 0.620. The number of aliphatic hydroxyl groups is 1. The van der Waals surface area contributed by atoms with Gasteiger partial charge < -0.3 is 14.6 Å². The number of carbonyl (C=O) groups excluding carboxylic acids is 1. The first kappa shape index (κ1) is 16.0. The first-order chi connectivity index (χ1) is 10.6. The second-order valence-corrected chi connectivity index (χ2v) is 5.14. The van der Waals surface area contributed by atoms with Crippen molar-refractivity contribution in [2.45, 2.75) is 25.9 Å². The quantitative estimate of drug-likeness (QED) is 0.829. The number of para-hydroxylation sites is 1. The van der Waals surface area contributed by atoms with Crippen molar-refractivity contribution >= 4 is 5.97 Å². The average Bonchev–Trinajstić information content (AvgIpc) is 2.55. The summed E-state index contributed by atoms with van der Waals surface area (Å²) in [7, 11) is 0. The van der Waals surface area contributed by atoms with Gasteiger partial charge in [0.15, 0.2) is 0 Å².